The highest BCUT2D eigenvalue weighted by Crippen LogP contribution is 2.33. The van der Waals surface area contributed by atoms with Crippen molar-refractivity contribution >= 4 is 16.9 Å². The molecule has 0 N–H and O–H groups in total. The van der Waals surface area contributed by atoms with Crippen molar-refractivity contribution < 1.29 is 0 Å². The van der Waals surface area contributed by atoms with E-state index in [9.17, 15) is 0 Å². The Morgan fingerprint density at radius 1 is 1.04 bits per heavy atom. The third-order valence-corrected chi connectivity index (χ3v) is 5.58. The molecular weight excluding hydrogens is 332 g/mol. The maximum Gasteiger partial charge on any atom is 0.128 e. The van der Waals surface area contributed by atoms with Crippen LogP contribution in [0.25, 0.3) is 22.3 Å². The molecule has 3 rings (SSSR count). The third-order valence-electron chi connectivity index (χ3n) is 5.58. The standard InChI is InChI=1S/C23H32N4/c1-8-17-12-21(26(6)7)24-13-19(17)22-15(4)11-20-23(25-22)16(5)14-27(20)18(9-2)10-3/h11-14,18H,8-10H2,1-7H3. The molecule has 0 radical (unpaired) electrons. The van der Waals surface area contributed by atoms with Crippen LogP contribution in [0.5, 0.6) is 0 Å². The second-order valence-electron chi connectivity index (χ2n) is 7.66. The molecule has 0 unspecified atom stereocenters. The molecule has 0 saturated carbocycles. The lowest BCUT2D eigenvalue weighted by molar-refractivity contribution is 0.485. The number of hydrogen-bond donors (Lipinski definition) is 0. The second kappa shape index (κ2) is 7.71. The van der Waals surface area contributed by atoms with Crippen LogP contribution in [0.3, 0.4) is 0 Å². The fraction of sp³-hybridized carbons (Fsp3) is 0.478. The molecule has 0 saturated heterocycles. The molecule has 3 heterocycles. The first-order chi connectivity index (χ1) is 12.9. The molecule has 0 spiro atoms. The first-order valence-corrected chi connectivity index (χ1v) is 10.1. The minimum atomic E-state index is 0.528. The fourth-order valence-corrected chi connectivity index (χ4v) is 3.92. The number of hydrogen-bond acceptors (Lipinski definition) is 3. The van der Waals surface area contributed by atoms with Crippen LogP contribution in [0.4, 0.5) is 5.82 Å². The Labute approximate surface area is 163 Å². The van der Waals surface area contributed by atoms with E-state index >= 15 is 0 Å². The van der Waals surface area contributed by atoms with Crippen LogP contribution in [0, 0.1) is 13.8 Å². The zero-order valence-electron chi connectivity index (χ0n) is 17.8. The van der Waals surface area contributed by atoms with E-state index in [1.54, 1.807) is 0 Å². The van der Waals surface area contributed by atoms with E-state index in [1.165, 1.54) is 22.2 Å². The molecule has 0 aromatic carbocycles. The molecule has 0 aliphatic heterocycles. The predicted molar refractivity (Wildman–Crippen MR) is 116 cm³/mol. The van der Waals surface area contributed by atoms with Crippen LogP contribution in [0.2, 0.25) is 0 Å². The van der Waals surface area contributed by atoms with E-state index in [2.05, 4.69) is 62.5 Å². The van der Waals surface area contributed by atoms with Crippen molar-refractivity contribution in [2.75, 3.05) is 19.0 Å². The normalized spacial score (nSPS) is 11.6. The Bertz CT molecular complexity index is 949. The van der Waals surface area contributed by atoms with Crippen LogP contribution < -0.4 is 4.90 Å². The summed E-state index contributed by atoms with van der Waals surface area (Å²) >= 11 is 0. The van der Waals surface area contributed by atoms with E-state index in [-0.39, 0.29) is 0 Å². The van der Waals surface area contributed by atoms with Crippen molar-refractivity contribution in [1.29, 1.82) is 0 Å². The monoisotopic (exact) mass is 364 g/mol. The average molecular weight is 365 g/mol. The summed E-state index contributed by atoms with van der Waals surface area (Å²) in [5, 5.41) is 0. The van der Waals surface area contributed by atoms with Gasteiger partial charge >= 0.3 is 0 Å². The van der Waals surface area contributed by atoms with Gasteiger partial charge in [0.1, 0.15) is 5.82 Å². The number of aryl methyl sites for hydroxylation is 3. The molecule has 4 heteroatoms. The van der Waals surface area contributed by atoms with Crippen LogP contribution in [-0.2, 0) is 6.42 Å². The lowest BCUT2D eigenvalue weighted by atomic mass is 10.0. The summed E-state index contributed by atoms with van der Waals surface area (Å²) in [5.41, 5.74) is 8.32. The number of rotatable bonds is 6. The van der Waals surface area contributed by atoms with Crippen molar-refractivity contribution in [3.63, 3.8) is 0 Å². The minimum Gasteiger partial charge on any atom is -0.363 e. The summed E-state index contributed by atoms with van der Waals surface area (Å²) in [5.74, 6) is 0.991. The first-order valence-electron chi connectivity index (χ1n) is 10.1. The van der Waals surface area contributed by atoms with Gasteiger partial charge in [-0.05, 0) is 61.9 Å². The number of anilines is 1. The lowest BCUT2D eigenvalue weighted by Gasteiger charge is -2.18. The highest BCUT2D eigenvalue weighted by molar-refractivity contribution is 5.85. The highest BCUT2D eigenvalue weighted by Gasteiger charge is 2.17. The van der Waals surface area contributed by atoms with Gasteiger partial charge in [0.15, 0.2) is 0 Å². The fourth-order valence-electron chi connectivity index (χ4n) is 3.92. The molecule has 27 heavy (non-hydrogen) atoms. The third kappa shape index (κ3) is 3.45. The average Bonchev–Trinajstić information content (AvgIpc) is 2.97. The Morgan fingerprint density at radius 2 is 1.74 bits per heavy atom. The molecule has 0 fully saturated rings. The SMILES string of the molecule is CCc1cc(N(C)C)ncc1-c1nc2c(C)cn(C(CC)CC)c2cc1C. The maximum absolute atomic E-state index is 5.12. The van der Waals surface area contributed by atoms with Crippen molar-refractivity contribution in [3.8, 4) is 11.3 Å². The van der Waals surface area contributed by atoms with Crippen LogP contribution in [-0.4, -0.2) is 28.6 Å². The van der Waals surface area contributed by atoms with Gasteiger partial charge in [0.05, 0.1) is 16.7 Å². The van der Waals surface area contributed by atoms with Crippen LogP contribution in [0.1, 0.15) is 56.3 Å². The smallest absolute Gasteiger partial charge is 0.128 e. The van der Waals surface area contributed by atoms with E-state index in [0.29, 0.717) is 6.04 Å². The Balaban J connectivity index is 2.20. The Hall–Kier alpha value is -2.36. The van der Waals surface area contributed by atoms with Gasteiger partial charge in [0, 0.05) is 38.1 Å². The molecule has 3 aromatic rings. The van der Waals surface area contributed by atoms with Crippen LogP contribution in [0.15, 0.2) is 24.5 Å². The zero-order valence-corrected chi connectivity index (χ0v) is 17.8. The molecule has 0 atom stereocenters. The van der Waals surface area contributed by atoms with Gasteiger partial charge in [0.2, 0.25) is 0 Å². The van der Waals surface area contributed by atoms with Crippen molar-refractivity contribution in [2.24, 2.45) is 0 Å². The number of fused-ring (bicyclic) bond motifs is 1. The molecule has 3 aromatic heterocycles. The van der Waals surface area contributed by atoms with Crippen LogP contribution >= 0.6 is 0 Å². The predicted octanol–water partition coefficient (Wildman–Crippen LogP) is 5.70. The van der Waals surface area contributed by atoms with Gasteiger partial charge in [-0.3, -0.25) is 0 Å². The largest absolute Gasteiger partial charge is 0.363 e. The van der Waals surface area contributed by atoms with Crippen molar-refractivity contribution in [3.05, 3.63) is 41.2 Å². The molecule has 144 valence electrons. The quantitative estimate of drug-likeness (QED) is 0.562. The topological polar surface area (TPSA) is 34.0 Å². The number of nitrogens with zero attached hydrogens (tertiary/aromatic N) is 4. The maximum atomic E-state index is 5.12. The van der Waals surface area contributed by atoms with Gasteiger partial charge in [-0.15, -0.1) is 0 Å². The minimum absolute atomic E-state index is 0.528. The van der Waals surface area contributed by atoms with Gasteiger partial charge in [-0.1, -0.05) is 20.8 Å². The van der Waals surface area contributed by atoms with Crippen molar-refractivity contribution in [1.82, 2.24) is 14.5 Å². The summed E-state index contributed by atoms with van der Waals surface area (Å²) in [4.78, 5) is 11.8. The molecule has 0 amide bonds. The van der Waals surface area contributed by atoms with Gasteiger partial charge in [0.25, 0.3) is 0 Å². The summed E-state index contributed by atoms with van der Waals surface area (Å²) in [6, 6.07) is 5.02. The highest BCUT2D eigenvalue weighted by atomic mass is 15.1. The second-order valence-corrected chi connectivity index (χ2v) is 7.66. The van der Waals surface area contributed by atoms with E-state index in [4.69, 9.17) is 4.98 Å². The van der Waals surface area contributed by atoms with E-state index < -0.39 is 0 Å². The number of aromatic nitrogens is 3. The summed E-state index contributed by atoms with van der Waals surface area (Å²) in [6.07, 6.45) is 7.49. The van der Waals surface area contributed by atoms with Gasteiger partial charge in [-0.25, -0.2) is 9.97 Å². The molecule has 0 bridgehead atoms. The van der Waals surface area contributed by atoms with Crippen molar-refractivity contribution in [2.45, 2.75) is 59.9 Å². The van der Waals surface area contributed by atoms with Gasteiger partial charge in [-0.2, -0.15) is 0 Å². The first kappa shape index (κ1) is 19.4. The molecule has 4 nitrogen and oxygen atoms in total. The summed E-state index contributed by atoms with van der Waals surface area (Å²) in [6.45, 7) is 11.0. The lowest BCUT2D eigenvalue weighted by Crippen LogP contribution is -2.11. The summed E-state index contributed by atoms with van der Waals surface area (Å²) in [7, 11) is 4.06. The number of pyridine rings is 2. The Kier molecular flexibility index (Phi) is 5.54. The molecular formula is C23H32N4. The molecule has 0 aliphatic carbocycles. The zero-order chi connectivity index (χ0) is 19.7. The van der Waals surface area contributed by atoms with E-state index in [1.807, 2.05) is 25.2 Å². The summed E-state index contributed by atoms with van der Waals surface area (Å²) < 4.78 is 2.42. The van der Waals surface area contributed by atoms with E-state index in [0.717, 1.165) is 41.9 Å². The van der Waals surface area contributed by atoms with Gasteiger partial charge < -0.3 is 9.47 Å². The molecule has 0 aliphatic rings. The Morgan fingerprint density at radius 3 is 2.33 bits per heavy atom.